The first-order chi connectivity index (χ1) is 10.1. The number of nitrogens with zero attached hydrogens (tertiary/aromatic N) is 1. The summed E-state index contributed by atoms with van der Waals surface area (Å²) in [4.78, 5) is 14.5. The molecular formula is C15H26N2O3S. The van der Waals surface area contributed by atoms with Crippen LogP contribution < -0.4 is 5.32 Å². The van der Waals surface area contributed by atoms with Crippen molar-refractivity contribution in [1.82, 2.24) is 10.2 Å². The van der Waals surface area contributed by atoms with Crippen molar-refractivity contribution in [3.8, 4) is 0 Å². The molecule has 0 radical (unpaired) electrons. The van der Waals surface area contributed by atoms with Crippen molar-refractivity contribution in [3.63, 3.8) is 0 Å². The first kappa shape index (κ1) is 15.1. The van der Waals surface area contributed by atoms with Gasteiger partial charge in [-0.25, -0.2) is 13.2 Å². The summed E-state index contributed by atoms with van der Waals surface area (Å²) >= 11 is 0. The van der Waals surface area contributed by atoms with Gasteiger partial charge in [-0.2, -0.15) is 0 Å². The van der Waals surface area contributed by atoms with E-state index in [0.717, 1.165) is 19.4 Å². The summed E-state index contributed by atoms with van der Waals surface area (Å²) in [7, 11) is -2.93. The summed E-state index contributed by atoms with van der Waals surface area (Å²) in [6, 6.07) is 0.156. The first-order valence-corrected chi connectivity index (χ1v) is 10.1. The monoisotopic (exact) mass is 314 g/mol. The van der Waals surface area contributed by atoms with E-state index in [1.807, 2.05) is 4.90 Å². The summed E-state index contributed by atoms with van der Waals surface area (Å²) in [5, 5.41) is 2.95. The topological polar surface area (TPSA) is 66.5 Å². The van der Waals surface area contributed by atoms with E-state index < -0.39 is 9.84 Å². The fourth-order valence-electron chi connectivity index (χ4n) is 4.22. The molecule has 2 amide bonds. The molecule has 1 N–H and O–H groups in total. The van der Waals surface area contributed by atoms with E-state index in [-0.39, 0.29) is 23.6 Å². The summed E-state index contributed by atoms with van der Waals surface area (Å²) in [6.45, 7) is 0.826. The van der Waals surface area contributed by atoms with Gasteiger partial charge in [0.1, 0.15) is 0 Å². The highest BCUT2D eigenvalue weighted by atomic mass is 32.2. The van der Waals surface area contributed by atoms with Crippen molar-refractivity contribution in [2.75, 3.05) is 18.1 Å². The van der Waals surface area contributed by atoms with Gasteiger partial charge in [0.2, 0.25) is 0 Å². The van der Waals surface area contributed by atoms with Gasteiger partial charge in [0.15, 0.2) is 9.84 Å². The molecule has 0 aromatic carbocycles. The van der Waals surface area contributed by atoms with E-state index in [2.05, 4.69) is 5.32 Å². The molecule has 3 fully saturated rings. The largest absolute Gasteiger partial charge is 0.334 e. The number of likely N-dealkylation sites (tertiary alicyclic amines) is 1. The molecule has 120 valence electrons. The molecule has 21 heavy (non-hydrogen) atoms. The number of nitrogens with one attached hydrogen (secondary N) is 1. The molecule has 0 aromatic heterocycles. The smallest absolute Gasteiger partial charge is 0.317 e. The van der Waals surface area contributed by atoms with Crippen molar-refractivity contribution in [1.29, 1.82) is 0 Å². The van der Waals surface area contributed by atoms with E-state index in [4.69, 9.17) is 0 Å². The van der Waals surface area contributed by atoms with Crippen LogP contribution in [0.25, 0.3) is 0 Å². The molecule has 2 atom stereocenters. The van der Waals surface area contributed by atoms with Crippen LogP contribution in [0.2, 0.25) is 0 Å². The Balaban J connectivity index is 1.58. The van der Waals surface area contributed by atoms with Gasteiger partial charge >= 0.3 is 6.03 Å². The van der Waals surface area contributed by atoms with Gasteiger partial charge in [0.05, 0.1) is 11.5 Å². The predicted molar refractivity (Wildman–Crippen MR) is 81.9 cm³/mol. The van der Waals surface area contributed by atoms with Gasteiger partial charge in [0, 0.05) is 18.6 Å². The zero-order valence-electron chi connectivity index (χ0n) is 12.6. The fraction of sp³-hybridized carbons (Fsp3) is 0.933. The third-order valence-electron chi connectivity index (χ3n) is 5.31. The molecule has 6 heteroatoms. The van der Waals surface area contributed by atoms with E-state index in [1.165, 1.54) is 32.1 Å². The Morgan fingerprint density at radius 2 is 1.76 bits per heavy atom. The van der Waals surface area contributed by atoms with Crippen molar-refractivity contribution in [3.05, 3.63) is 0 Å². The second kappa shape index (κ2) is 6.15. The number of urea groups is 1. The van der Waals surface area contributed by atoms with Crippen molar-refractivity contribution >= 4 is 15.9 Å². The second-order valence-corrected chi connectivity index (χ2v) is 9.08. The SMILES string of the molecule is O=C(N[C@H]1CCS(=O)(=O)C1)N1CCC[C@@H]1C1CCCCC1. The standard InChI is InChI=1S/C15H26N2O3S/c18-15(16-13-8-10-21(19,20)11-13)17-9-4-7-14(17)12-5-2-1-3-6-12/h12-14H,1-11H2,(H,16,18)/t13-,14+/m0/s1. The van der Waals surface area contributed by atoms with Crippen molar-refractivity contribution in [2.45, 2.75) is 63.5 Å². The van der Waals surface area contributed by atoms with Crippen LogP contribution in [-0.2, 0) is 9.84 Å². The lowest BCUT2D eigenvalue weighted by atomic mass is 9.83. The normalized spacial score (nSPS) is 33.2. The highest BCUT2D eigenvalue weighted by Crippen LogP contribution is 2.34. The van der Waals surface area contributed by atoms with Crippen LogP contribution >= 0.6 is 0 Å². The number of rotatable bonds is 2. The minimum atomic E-state index is -2.93. The Hall–Kier alpha value is -0.780. The highest BCUT2D eigenvalue weighted by Gasteiger charge is 2.37. The quantitative estimate of drug-likeness (QED) is 0.847. The lowest BCUT2D eigenvalue weighted by Gasteiger charge is -2.34. The van der Waals surface area contributed by atoms with E-state index >= 15 is 0 Å². The maximum atomic E-state index is 12.5. The number of sulfone groups is 1. The second-order valence-electron chi connectivity index (χ2n) is 6.85. The number of amides is 2. The van der Waals surface area contributed by atoms with Crippen LogP contribution in [0.5, 0.6) is 0 Å². The highest BCUT2D eigenvalue weighted by molar-refractivity contribution is 7.91. The van der Waals surface area contributed by atoms with Gasteiger partial charge in [-0.15, -0.1) is 0 Å². The van der Waals surface area contributed by atoms with Crippen LogP contribution in [0.4, 0.5) is 4.79 Å². The first-order valence-electron chi connectivity index (χ1n) is 8.33. The van der Waals surface area contributed by atoms with Crippen LogP contribution in [0.15, 0.2) is 0 Å². The molecule has 3 rings (SSSR count). The Labute approximate surface area is 127 Å². The average molecular weight is 314 g/mol. The molecule has 2 aliphatic heterocycles. The van der Waals surface area contributed by atoms with Crippen LogP contribution in [0, 0.1) is 5.92 Å². The van der Waals surface area contributed by atoms with Gasteiger partial charge < -0.3 is 10.2 Å². The molecular weight excluding hydrogens is 288 g/mol. The van der Waals surface area contributed by atoms with Crippen molar-refractivity contribution in [2.24, 2.45) is 5.92 Å². The molecule has 1 saturated carbocycles. The number of carbonyl (C=O) groups is 1. The van der Waals surface area contributed by atoms with Crippen LogP contribution in [0.1, 0.15) is 51.4 Å². The number of hydrogen-bond acceptors (Lipinski definition) is 3. The zero-order chi connectivity index (χ0) is 14.9. The molecule has 0 spiro atoms. The van der Waals surface area contributed by atoms with Crippen LogP contribution in [0.3, 0.4) is 0 Å². The lowest BCUT2D eigenvalue weighted by molar-refractivity contribution is 0.154. The average Bonchev–Trinajstić information content (AvgIpc) is 3.06. The Morgan fingerprint density at radius 3 is 2.43 bits per heavy atom. The molecule has 3 aliphatic rings. The minimum Gasteiger partial charge on any atom is -0.334 e. The fourth-order valence-corrected chi connectivity index (χ4v) is 5.89. The lowest BCUT2D eigenvalue weighted by Crippen LogP contribution is -2.49. The summed E-state index contributed by atoms with van der Waals surface area (Å²) in [5.41, 5.74) is 0. The Bertz CT molecular complexity index is 485. The number of hydrogen-bond donors (Lipinski definition) is 1. The van der Waals surface area contributed by atoms with E-state index in [0.29, 0.717) is 18.4 Å². The summed E-state index contributed by atoms with van der Waals surface area (Å²) in [6.07, 6.45) is 9.15. The number of carbonyl (C=O) groups excluding carboxylic acids is 1. The predicted octanol–water partition coefficient (Wildman–Crippen LogP) is 1.93. The minimum absolute atomic E-state index is 0.0369. The molecule has 2 saturated heterocycles. The Morgan fingerprint density at radius 1 is 1.00 bits per heavy atom. The third-order valence-corrected chi connectivity index (χ3v) is 7.08. The molecule has 0 unspecified atom stereocenters. The third kappa shape index (κ3) is 3.52. The molecule has 1 aliphatic carbocycles. The molecule has 2 heterocycles. The maximum Gasteiger partial charge on any atom is 0.317 e. The molecule has 5 nitrogen and oxygen atoms in total. The molecule has 0 aromatic rings. The Kier molecular flexibility index (Phi) is 4.43. The van der Waals surface area contributed by atoms with Gasteiger partial charge in [0.25, 0.3) is 0 Å². The summed E-state index contributed by atoms with van der Waals surface area (Å²) in [5.74, 6) is 0.976. The van der Waals surface area contributed by atoms with Crippen molar-refractivity contribution < 1.29 is 13.2 Å². The van der Waals surface area contributed by atoms with Gasteiger partial charge in [-0.3, -0.25) is 0 Å². The van der Waals surface area contributed by atoms with E-state index in [1.54, 1.807) is 0 Å². The van der Waals surface area contributed by atoms with Gasteiger partial charge in [-0.1, -0.05) is 19.3 Å². The zero-order valence-corrected chi connectivity index (χ0v) is 13.4. The molecule has 0 bridgehead atoms. The maximum absolute atomic E-state index is 12.5. The van der Waals surface area contributed by atoms with Crippen LogP contribution in [-0.4, -0.2) is 49.5 Å². The van der Waals surface area contributed by atoms with E-state index in [9.17, 15) is 13.2 Å². The summed E-state index contributed by atoms with van der Waals surface area (Å²) < 4.78 is 23.0. The van der Waals surface area contributed by atoms with Gasteiger partial charge in [-0.05, 0) is 38.0 Å².